The van der Waals surface area contributed by atoms with Crippen LogP contribution in [-0.4, -0.2) is 26.8 Å². The minimum absolute atomic E-state index is 0.529. The standard InChI is InChI=1S/C30H35N3.C3H6/c1-22(24-11-13-26(14-12-24)25-9-5-6-10-25)33(28-15-16-28)29-17-18-30-27(19-29)21-32(31-30)20-23-7-3-2-4-8-23;1-3-2/h2-4,7-8,11-14,21,25,28-29H,1,5-6,9-10,15-20H2;3H,1H2,2H3. The summed E-state index contributed by atoms with van der Waals surface area (Å²) in [7, 11) is 0. The van der Waals surface area contributed by atoms with Gasteiger partial charge in [0.15, 0.2) is 0 Å². The summed E-state index contributed by atoms with van der Waals surface area (Å²) in [6, 6.07) is 21.2. The van der Waals surface area contributed by atoms with E-state index in [4.69, 9.17) is 5.10 Å². The zero-order valence-electron chi connectivity index (χ0n) is 21.9. The maximum absolute atomic E-state index is 4.93. The summed E-state index contributed by atoms with van der Waals surface area (Å²) >= 11 is 0. The first-order chi connectivity index (χ1) is 17.7. The van der Waals surface area contributed by atoms with Gasteiger partial charge in [0, 0.05) is 24.0 Å². The minimum atomic E-state index is 0.529. The molecule has 1 heterocycles. The number of nitrogens with zero attached hydrogens (tertiary/aromatic N) is 3. The SMILES string of the molecule is C=C(c1ccc(C2CCCC2)cc1)N(C1CC1)C1CCc2nn(Cc3ccccc3)cc2C1.C=CC. The lowest BCUT2D eigenvalue weighted by Crippen LogP contribution is -2.39. The van der Waals surface area contributed by atoms with Gasteiger partial charge in [-0.3, -0.25) is 4.68 Å². The lowest BCUT2D eigenvalue weighted by Gasteiger charge is -2.37. The van der Waals surface area contributed by atoms with Gasteiger partial charge < -0.3 is 4.90 Å². The number of benzene rings is 2. The zero-order valence-corrected chi connectivity index (χ0v) is 21.9. The van der Waals surface area contributed by atoms with Crippen molar-refractivity contribution in [2.24, 2.45) is 0 Å². The van der Waals surface area contributed by atoms with E-state index in [1.54, 1.807) is 6.08 Å². The number of aromatic nitrogens is 2. The Morgan fingerprint density at radius 3 is 2.33 bits per heavy atom. The van der Waals surface area contributed by atoms with Crippen LogP contribution in [0.15, 0.2) is 80.0 Å². The van der Waals surface area contributed by atoms with Crippen molar-refractivity contribution in [1.82, 2.24) is 14.7 Å². The van der Waals surface area contributed by atoms with E-state index < -0.39 is 0 Å². The molecule has 6 rings (SSSR count). The van der Waals surface area contributed by atoms with Crippen molar-refractivity contribution in [3.63, 3.8) is 0 Å². The molecule has 36 heavy (non-hydrogen) atoms. The summed E-state index contributed by atoms with van der Waals surface area (Å²) in [6.45, 7) is 10.7. The summed E-state index contributed by atoms with van der Waals surface area (Å²) in [6.07, 6.45) is 15.5. The fourth-order valence-corrected chi connectivity index (χ4v) is 6.08. The fourth-order valence-electron chi connectivity index (χ4n) is 6.08. The van der Waals surface area contributed by atoms with E-state index in [0.29, 0.717) is 12.1 Å². The van der Waals surface area contributed by atoms with E-state index in [0.717, 1.165) is 25.3 Å². The molecular formula is C33H41N3. The first-order valence-electron chi connectivity index (χ1n) is 13.9. The van der Waals surface area contributed by atoms with Crippen molar-refractivity contribution in [2.75, 3.05) is 0 Å². The molecule has 2 fully saturated rings. The van der Waals surface area contributed by atoms with Crippen LogP contribution in [-0.2, 0) is 19.4 Å². The number of hydrogen-bond acceptors (Lipinski definition) is 2. The van der Waals surface area contributed by atoms with Crippen LogP contribution in [0.3, 0.4) is 0 Å². The molecule has 0 spiro atoms. The molecule has 2 aromatic carbocycles. The van der Waals surface area contributed by atoms with Gasteiger partial charge in [-0.2, -0.15) is 5.10 Å². The summed E-state index contributed by atoms with van der Waals surface area (Å²) in [5, 5.41) is 4.93. The second-order valence-electron chi connectivity index (χ2n) is 10.8. The number of rotatable bonds is 7. The lowest BCUT2D eigenvalue weighted by atomic mass is 9.91. The van der Waals surface area contributed by atoms with E-state index in [2.05, 4.69) is 83.5 Å². The third-order valence-corrected chi connectivity index (χ3v) is 8.00. The maximum Gasteiger partial charge on any atom is 0.0659 e. The molecule has 1 atom stereocenters. The van der Waals surface area contributed by atoms with E-state index in [1.807, 2.05) is 6.92 Å². The van der Waals surface area contributed by atoms with Crippen LogP contribution in [0, 0.1) is 0 Å². The van der Waals surface area contributed by atoms with Gasteiger partial charge in [-0.05, 0) is 80.0 Å². The van der Waals surface area contributed by atoms with Crippen molar-refractivity contribution in [3.8, 4) is 0 Å². The molecule has 0 amide bonds. The normalized spacial score (nSPS) is 19.2. The highest BCUT2D eigenvalue weighted by Crippen LogP contribution is 2.39. The summed E-state index contributed by atoms with van der Waals surface area (Å²) < 4.78 is 2.14. The summed E-state index contributed by atoms with van der Waals surface area (Å²) in [5.41, 5.74) is 8.08. The predicted octanol–water partition coefficient (Wildman–Crippen LogP) is 7.77. The Morgan fingerprint density at radius 1 is 0.972 bits per heavy atom. The van der Waals surface area contributed by atoms with E-state index in [1.165, 1.54) is 78.6 Å². The highest BCUT2D eigenvalue weighted by molar-refractivity contribution is 5.63. The van der Waals surface area contributed by atoms with E-state index >= 15 is 0 Å². The van der Waals surface area contributed by atoms with Crippen LogP contribution >= 0.6 is 0 Å². The molecule has 1 aromatic heterocycles. The predicted molar refractivity (Wildman–Crippen MR) is 151 cm³/mol. The number of fused-ring (bicyclic) bond motifs is 1. The first-order valence-corrected chi connectivity index (χ1v) is 13.9. The molecule has 3 heteroatoms. The largest absolute Gasteiger partial charge is 0.365 e. The van der Waals surface area contributed by atoms with Gasteiger partial charge in [0.1, 0.15) is 0 Å². The maximum atomic E-state index is 4.93. The molecule has 3 aromatic rings. The highest BCUT2D eigenvalue weighted by Gasteiger charge is 2.37. The van der Waals surface area contributed by atoms with Gasteiger partial charge in [-0.15, -0.1) is 6.58 Å². The summed E-state index contributed by atoms with van der Waals surface area (Å²) in [5.74, 6) is 0.774. The van der Waals surface area contributed by atoms with Crippen molar-refractivity contribution >= 4 is 5.70 Å². The second kappa shape index (κ2) is 11.3. The monoisotopic (exact) mass is 479 g/mol. The molecule has 3 aliphatic rings. The topological polar surface area (TPSA) is 21.1 Å². The quantitative estimate of drug-likeness (QED) is 0.323. The average molecular weight is 480 g/mol. The summed E-state index contributed by atoms with van der Waals surface area (Å²) in [4.78, 5) is 2.67. The Hall–Kier alpha value is -3.07. The Kier molecular flexibility index (Phi) is 7.75. The van der Waals surface area contributed by atoms with Gasteiger partial charge in [0.2, 0.25) is 0 Å². The molecule has 2 saturated carbocycles. The van der Waals surface area contributed by atoms with Crippen molar-refractivity contribution in [2.45, 2.75) is 89.3 Å². The van der Waals surface area contributed by atoms with Crippen LogP contribution < -0.4 is 0 Å². The van der Waals surface area contributed by atoms with Gasteiger partial charge in [0.25, 0.3) is 0 Å². The molecule has 0 radical (unpaired) electrons. The molecular weight excluding hydrogens is 438 g/mol. The molecule has 0 N–H and O–H groups in total. The average Bonchev–Trinajstić information content (AvgIpc) is 3.41. The van der Waals surface area contributed by atoms with Gasteiger partial charge in [-0.25, -0.2) is 0 Å². The molecule has 3 aliphatic carbocycles. The number of aryl methyl sites for hydroxylation is 1. The van der Waals surface area contributed by atoms with Crippen molar-refractivity contribution in [1.29, 1.82) is 0 Å². The lowest BCUT2D eigenvalue weighted by molar-refractivity contribution is 0.259. The second-order valence-corrected chi connectivity index (χ2v) is 10.8. The third-order valence-electron chi connectivity index (χ3n) is 8.00. The number of allylic oxidation sites excluding steroid dienone is 1. The molecule has 3 nitrogen and oxygen atoms in total. The van der Waals surface area contributed by atoms with Crippen LogP contribution in [0.2, 0.25) is 0 Å². The third kappa shape index (κ3) is 5.67. The van der Waals surface area contributed by atoms with Crippen LogP contribution in [0.5, 0.6) is 0 Å². The Bertz CT molecular complexity index is 1150. The molecule has 0 aliphatic heterocycles. The van der Waals surface area contributed by atoms with E-state index in [-0.39, 0.29) is 0 Å². The number of hydrogen-bond donors (Lipinski definition) is 0. The zero-order chi connectivity index (χ0) is 24.9. The van der Waals surface area contributed by atoms with Crippen molar-refractivity contribution < 1.29 is 0 Å². The van der Waals surface area contributed by atoms with Gasteiger partial charge in [0.05, 0.1) is 12.2 Å². The van der Waals surface area contributed by atoms with Gasteiger partial charge >= 0.3 is 0 Å². The molecule has 0 saturated heterocycles. The van der Waals surface area contributed by atoms with Crippen LogP contribution in [0.1, 0.15) is 85.7 Å². The Balaban J connectivity index is 0.000000848. The smallest absolute Gasteiger partial charge is 0.0659 e. The highest BCUT2D eigenvalue weighted by atomic mass is 15.3. The van der Waals surface area contributed by atoms with Crippen LogP contribution in [0.25, 0.3) is 5.70 Å². The minimum Gasteiger partial charge on any atom is -0.365 e. The molecule has 1 unspecified atom stereocenters. The first kappa shape index (κ1) is 24.6. The van der Waals surface area contributed by atoms with Crippen LogP contribution in [0.4, 0.5) is 0 Å². The Morgan fingerprint density at radius 2 is 1.67 bits per heavy atom. The molecule has 0 bridgehead atoms. The van der Waals surface area contributed by atoms with E-state index in [9.17, 15) is 0 Å². The Labute approximate surface area is 217 Å². The fraction of sp³-hybridized carbons (Fsp3) is 0.424. The molecule has 188 valence electrons. The van der Waals surface area contributed by atoms with Gasteiger partial charge in [-0.1, -0.05) is 80.1 Å². The van der Waals surface area contributed by atoms with Crippen molar-refractivity contribution in [3.05, 3.63) is 108 Å².